The van der Waals surface area contributed by atoms with E-state index in [9.17, 15) is 0 Å². The quantitative estimate of drug-likeness (QED) is 0.256. The molecule has 0 aliphatic heterocycles. The molecule has 0 atom stereocenters. The second kappa shape index (κ2) is 9.64. The zero-order valence-corrected chi connectivity index (χ0v) is 5.38. The first kappa shape index (κ1) is 10.6. The van der Waals surface area contributed by atoms with E-state index in [1.165, 1.54) is 0 Å². The van der Waals surface area contributed by atoms with Gasteiger partial charge in [-0.25, -0.2) is 10.1 Å². The molecule has 0 saturated heterocycles. The summed E-state index contributed by atoms with van der Waals surface area (Å²) < 4.78 is 0. The summed E-state index contributed by atoms with van der Waals surface area (Å²) in [6.07, 6.45) is 6.52. The summed E-state index contributed by atoms with van der Waals surface area (Å²) in [5.74, 6) is 3.92. The van der Waals surface area contributed by atoms with Crippen LogP contribution in [0.3, 0.4) is 0 Å². The van der Waals surface area contributed by atoms with Crippen LogP contribution >= 0.6 is 0 Å². The average molecular weight is 178 g/mol. The summed E-state index contributed by atoms with van der Waals surface area (Å²) in [6.45, 7) is 0. The zero-order chi connectivity index (χ0) is 9.07. The summed E-state index contributed by atoms with van der Waals surface area (Å²) in [4.78, 5) is 3.86. The molecule has 1 N–H and O–H groups in total. The van der Waals surface area contributed by atoms with E-state index in [2.05, 4.69) is 41.5 Å². The van der Waals surface area contributed by atoms with Gasteiger partial charge in [-0.05, 0) is 21.0 Å². The third kappa shape index (κ3) is 8.64. The molecular weight excluding hydrogens is 176 g/mol. The van der Waals surface area contributed by atoms with Gasteiger partial charge in [0.1, 0.15) is 0 Å². The number of hydrogen-bond acceptors (Lipinski definition) is 8. The fraction of sp³-hybridized carbons (Fsp3) is 0. The molecule has 0 fully saturated rings. The van der Waals surface area contributed by atoms with Crippen molar-refractivity contribution in [3.05, 3.63) is 0 Å². The molecule has 12 heavy (non-hydrogen) atoms. The highest BCUT2D eigenvalue weighted by atomic mass is 17.9. The maximum Gasteiger partial charge on any atom is 0.174 e. The monoisotopic (exact) mass is 178 g/mol. The second-order valence-corrected chi connectivity index (χ2v) is 0.869. The Labute approximate surface area is 65.9 Å². The van der Waals surface area contributed by atoms with Gasteiger partial charge in [0, 0.05) is 21.0 Å². The van der Waals surface area contributed by atoms with Crippen LogP contribution in [0.4, 0.5) is 0 Å². The van der Waals surface area contributed by atoms with Crippen molar-refractivity contribution < 1.29 is 40.4 Å². The van der Waals surface area contributed by atoms with Gasteiger partial charge in [-0.2, -0.15) is 0 Å². The maximum absolute atomic E-state index is 7.44. The van der Waals surface area contributed by atoms with Gasteiger partial charge in [0.25, 0.3) is 0 Å². The van der Waals surface area contributed by atoms with Crippen LogP contribution in [-0.2, 0) is 35.1 Å². The summed E-state index contributed by atoms with van der Waals surface area (Å²) in [5, 5.41) is 27.7. The molecule has 66 valence electrons. The third-order valence-corrected chi connectivity index (χ3v) is 0.340. The minimum Gasteiger partial charge on any atom is -0.249 e. The molecule has 0 spiro atoms. The third-order valence-electron chi connectivity index (χ3n) is 0.340. The van der Waals surface area contributed by atoms with Crippen molar-refractivity contribution in [1.82, 2.24) is 0 Å². The van der Waals surface area contributed by atoms with Gasteiger partial charge in [0.05, 0.1) is 0 Å². The van der Waals surface area contributed by atoms with E-state index in [1.807, 2.05) is 17.9 Å². The Morgan fingerprint density at radius 1 is 1.00 bits per heavy atom. The van der Waals surface area contributed by atoms with Crippen LogP contribution < -0.4 is 0 Å². The normalized spacial score (nSPS) is 8.00. The van der Waals surface area contributed by atoms with Crippen molar-refractivity contribution in [1.29, 1.82) is 0 Å². The van der Waals surface area contributed by atoms with Crippen LogP contribution in [-0.4, -0.2) is 5.26 Å². The molecule has 8 nitrogen and oxygen atoms in total. The molecule has 0 rings (SSSR count). The fourth-order valence-electron chi connectivity index (χ4n) is 0.128. The average Bonchev–Trinajstić information content (AvgIpc) is 2.10. The van der Waals surface area contributed by atoms with Gasteiger partial charge in [0.15, 0.2) is 6.11 Å². The van der Waals surface area contributed by atoms with Gasteiger partial charge in [-0.1, -0.05) is 0 Å². The molecule has 0 unspecified atom stereocenters. The number of rotatable bonds is 6. The van der Waals surface area contributed by atoms with E-state index < -0.39 is 0 Å². The number of hydrogen-bond donors (Lipinski definition) is 1. The zero-order valence-electron chi connectivity index (χ0n) is 5.38. The van der Waals surface area contributed by atoms with Gasteiger partial charge < -0.3 is 0 Å². The molecule has 8 heteroatoms. The highest BCUT2D eigenvalue weighted by molar-refractivity contribution is 5.18. The molecule has 0 aromatic carbocycles. The molecular formula is C4H2O8. The van der Waals surface area contributed by atoms with E-state index in [0.29, 0.717) is 0 Å². The molecule has 0 aromatic rings. The number of terminal acetylenes is 1. The van der Waals surface area contributed by atoms with Crippen molar-refractivity contribution in [2.24, 2.45) is 0 Å². The van der Waals surface area contributed by atoms with Crippen molar-refractivity contribution in [3.8, 4) is 24.4 Å². The maximum atomic E-state index is 7.44. The topological polar surface area (TPSA) is 84.8 Å². The van der Waals surface area contributed by atoms with Crippen LogP contribution in [0.25, 0.3) is 0 Å². The van der Waals surface area contributed by atoms with Gasteiger partial charge >= 0.3 is 0 Å². The highest BCUT2D eigenvalue weighted by Gasteiger charge is 1.90. The Hall–Kier alpha value is -1.36. The molecule has 0 amide bonds. The minimum absolute atomic E-state index is 1.84. The largest absolute Gasteiger partial charge is 0.249 e. The highest BCUT2D eigenvalue weighted by Crippen LogP contribution is 1.85. The van der Waals surface area contributed by atoms with E-state index in [0.717, 1.165) is 0 Å². The summed E-state index contributed by atoms with van der Waals surface area (Å²) in [5.41, 5.74) is 0. The van der Waals surface area contributed by atoms with Crippen LogP contribution in [0.5, 0.6) is 0 Å². The van der Waals surface area contributed by atoms with Crippen LogP contribution in [0, 0.1) is 24.4 Å². The first-order chi connectivity index (χ1) is 5.91. The van der Waals surface area contributed by atoms with Crippen LogP contribution in [0.2, 0.25) is 0 Å². The summed E-state index contributed by atoms with van der Waals surface area (Å²) in [7, 11) is 0. The SMILES string of the molecule is C#CC#COOOOOOOO. The molecule has 0 saturated carbocycles. The van der Waals surface area contributed by atoms with Crippen LogP contribution in [0.15, 0.2) is 0 Å². The Kier molecular flexibility index (Phi) is 8.55. The van der Waals surface area contributed by atoms with Crippen molar-refractivity contribution in [3.63, 3.8) is 0 Å². The summed E-state index contributed by atoms with van der Waals surface area (Å²) in [6, 6.07) is 0. The van der Waals surface area contributed by atoms with Crippen molar-refractivity contribution >= 4 is 0 Å². The van der Waals surface area contributed by atoms with Crippen molar-refractivity contribution in [2.75, 3.05) is 0 Å². The van der Waals surface area contributed by atoms with Gasteiger partial charge in [-0.15, -0.1) is 6.42 Å². The summed E-state index contributed by atoms with van der Waals surface area (Å²) >= 11 is 0. The van der Waals surface area contributed by atoms with Gasteiger partial charge in [0.2, 0.25) is 0 Å². The van der Waals surface area contributed by atoms with Crippen molar-refractivity contribution in [2.45, 2.75) is 0 Å². The molecule has 0 bridgehead atoms. The Balaban J connectivity index is 2.97. The lowest BCUT2D eigenvalue weighted by atomic mass is 10.7. The fourth-order valence-corrected chi connectivity index (χ4v) is 0.128. The molecule has 0 aliphatic carbocycles. The van der Waals surface area contributed by atoms with E-state index in [-0.39, 0.29) is 0 Å². The first-order valence-corrected chi connectivity index (χ1v) is 2.18. The lowest BCUT2D eigenvalue weighted by Gasteiger charge is -1.93. The Morgan fingerprint density at radius 3 is 2.33 bits per heavy atom. The first-order valence-electron chi connectivity index (χ1n) is 2.18. The molecule has 0 aliphatic rings. The van der Waals surface area contributed by atoms with Gasteiger partial charge in [-0.3, -0.25) is 0 Å². The minimum atomic E-state index is 1.84. The Morgan fingerprint density at radius 2 is 1.67 bits per heavy atom. The smallest absolute Gasteiger partial charge is 0.174 e. The standard InChI is InChI=1S/C4H2O8/c1-2-3-4-6-8-10-12-11-9-7-5/h1,5H. The van der Waals surface area contributed by atoms with E-state index in [1.54, 1.807) is 0 Å². The Bertz CT molecular complexity index is 183. The molecule has 0 radical (unpaired) electrons. The lowest BCUT2D eigenvalue weighted by Crippen LogP contribution is -1.98. The molecule has 0 heterocycles. The second-order valence-electron chi connectivity index (χ2n) is 0.869. The molecule has 0 aromatic heterocycles. The predicted molar refractivity (Wildman–Crippen MR) is 26.8 cm³/mol. The predicted octanol–water partition coefficient (Wildman–Crippen LogP) is -0.340. The van der Waals surface area contributed by atoms with E-state index in [4.69, 9.17) is 5.26 Å². The lowest BCUT2D eigenvalue weighted by molar-refractivity contribution is -0.808. The van der Waals surface area contributed by atoms with E-state index >= 15 is 0 Å². The van der Waals surface area contributed by atoms with Crippen LogP contribution in [0.1, 0.15) is 0 Å².